The van der Waals surface area contributed by atoms with Crippen molar-refractivity contribution >= 4 is 16.9 Å². The van der Waals surface area contributed by atoms with Crippen molar-refractivity contribution in [1.29, 1.82) is 0 Å². The molecule has 0 saturated heterocycles. The van der Waals surface area contributed by atoms with Crippen molar-refractivity contribution in [2.24, 2.45) is 0 Å². The number of fused-ring (bicyclic) bond motifs is 5. The summed E-state index contributed by atoms with van der Waals surface area (Å²) in [6.07, 6.45) is 0.0700. The van der Waals surface area contributed by atoms with Gasteiger partial charge < -0.3 is 10.1 Å². The molecule has 23 heavy (non-hydrogen) atoms. The fourth-order valence-corrected chi connectivity index (χ4v) is 3.32. The zero-order valence-electron chi connectivity index (χ0n) is 11.7. The van der Waals surface area contributed by atoms with Crippen molar-refractivity contribution in [3.8, 4) is 11.3 Å². The lowest BCUT2D eigenvalue weighted by molar-refractivity contribution is -0.138. The van der Waals surface area contributed by atoms with E-state index < -0.39 is 29.3 Å². The van der Waals surface area contributed by atoms with Gasteiger partial charge in [0.15, 0.2) is 0 Å². The number of hydrogen-bond acceptors (Lipinski definition) is 1. The van der Waals surface area contributed by atoms with Gasteiger partial charge in [-0.25, -0.2) is 13.2 Å². The molecule has 1 aliphatic carbocycles. The molecule has 116 valence electrons. The van der Waals surface area contributed by atoms with Gasteiger partial charge in [0, 0.05) is 22.6 Å². The zero-order valence-corrected chi connectivity index (χ0v) is 11.7. The molecule has 0 saturated carbocycles. The average Bonchev–Trinajstić information content (AvgIpc) is 2.85. The predicted octanol–water partition coefficient (Wildman–Crippen LogP) is 3.98. The lowest BCUT2D eigenvalue weighted by atomic mass is 9.81. The molecule has 1 aromatic heterocycles. The fraction of sp³-hybridized carbons (Fsp3) is 0.118. The molecular weight excluding hydrogens is 307 g/mol. The number of H-pyrrole nitrogens is 1. The van der Waals surface area contributed by atoms with Gasteiger partial charge in [-0.2, -0.15) is 0 Å². The summed E-state index contributed by atoms with van der Waals surface area (Å²) in [4.78, 5) is 14.5. The Morgan fingerprint density at radius 3 is 2.65 bits per heavy atom. The van der Waals surface area contributed by atoms with Crippen LogP contribution in [-0.4, -0.2) is 16.1 Å². The molecule has 6 heteroatoms. The first-order chi connectivity index (χ1) is 11.0. The molecule has 0 aliphatic heterocycles. The van der Waals surface area contributed by atoms with E-state index in [0.29, 0.717) is 22.4 Å². The Kier molecular flexibility index (Phi) is 2.78. The fourth-order valence-electron chi connectivity index (χ4n) is 3.32. The summed E-state index contributed by atoms with van der Waals surface area (Å²) in [6.45, 7) is 0. The molecule has 1 aliphatic rings. The van der Waals surface area contributed by atoms with Gasteiger partial charge in [0.25, 0.3) is 0 Å². The van der Waals surface area contributed by atoms with Gasteiger partial charge in [-0.15, -0.1) is 0 Å². The predicted molar refractivity (Wildman–Crippen MR) is 77.7 cm³/mol. The van der Waals surface area contributed by atoms with Crippen molar-refractivity contribution in [3.05, 3.63) is 58.9 Å². The van der Waals surface area contributed by atoms with Crippen molar-refractivity contribution in [2.45, 2.75) is 12.3 Å². The highest BCUT2D eigenvalue weighted by atomic mass is 19.1. The van der Waals surface area contributed by atoms with Crippen LogP contribution in [0.3, 0.4) is 0 Å². The maximum absolute atomic E-state index is 14.0. The molecule has 4 rings (SSSR count). The van der Waals surface area contributed by atoms with Crippen LogP contribution < -0.4 is 0 Å². The Morgan fingerprint density at radius 2 is 1.91 bits per heavy atom. The minimum absolute atomic E-state index is 0.0554. The highest BCUT2D eigenvalue weighted by molar-refractivity contribution is 5.98. The summed E-state index contributed by atoms with van der Waals surface area (Å²) < 4.78 is 41.0. The third-order valence-corrected chi connectivity index (χ3v) is 4.27. The molecule has 1 unspecified atom stereocenters. The number of aromatic nitrogens is 1. The zero-order chi connectivity index (χ0) is 16.3. The quantitative estimate of drug-likeness (QED) is 0.713. The summed E-state index contributed by atoms with van der Waals surface area (Å²) >= 11 is 0. The number of halogens is 3. The molecule has 2 N–H and O–H groups in total. The minimum Gasteiger partial charge on any atom is -0.481 e. The Balaban J connectivity index is 2.12. The van der Waals surface area contributed by atoms with Crippen LogP contribution in [0, 0.1) is 17.5 Å². The second kappa shape index (κ2) is 4.62. The SMILES string of the molecule is O=C(O)C1Cc2cc(F)ccc2-c2[nH]c3c(F)cc(F)cc3c21. The minimum atomic E-state index is -1.12. The van der Waals surface area contributed by atoms with Crippen molar-refractivity contribution in [1.82, 2.24) is 4.98 Å². The van der Waals surface area contributed by atoms with E-state index in [2.05, 4.69) is 4.98 Å². The van der Waals surface area contributed by atoms with Gasteiger partial charge in [-0.3, -0.25) is 4.79 Å². The lowest BCUT2D eigenvalue weighted by Gasteiger charge is -2.22. The number of carbonyl (C=O) groups is 1. The van der Waals surface area contributed by atoms with Crippen LogP contribution >= 0.6 is 0 Å². The molecule has 0 amide bonds. The molecule has 3 aromatic rings. The second-order valence-corrected chi connectivity index (χ2v) is 5.62. The van der Waals surface area contributed by atoms with E-state index in [1.54, 1.807) is 0 Å². The van der Waals surface area contributed by atoms with E-state index in [-0.39, 0.29) is 17.3 Å². The molecule has 2 aromatic carbocycles. The Labute approximate surface area is 128 Å². The Bertz CT molecular complexity index is 978. The van der Waals surface area contributed by atoms with E-state index in [1.807, 2.05) is 0 Å². The Hall–Kier alpha value is -2.76. The normalized spacial score (nSPS) is 16.2. The lowest BCUT2D eigenvalue weighted by Crippen LogP contribution is -2.19. The summed E-state index contributed by atoms with van der Waals surface area (Å²) in [6, 6.07) is 5.91. The van der Waals surface area contributed by atoms with Crippen molar-refractivity contribution in [3.63, 3.8) is 0 Å². The molecular formula is C17H10F3NO2. The largest absolute Gasteiger partial charge is 0.481 e. The van der Waals surface area contributed by atoms with E-state index in [1.165, 1.54) is 18.2 Å². The van der Waals surface area contributed by atoms with E-state index in [0.717, 1.165) is 12.1 Å². The molecule has 0 radical (unpaired) electrons. The maximum atomic E-state index is 14.0. The number of hydrogen-bond donors (Lipinski definition) is 2. The third-order valence-electron chi connectivity index (χ3n) is 4.27. The first-order valence-corrected chi connectivity index (χ1v) is 6.98. The van der Waals surface area contributed by atoms with Crippen LogP contribution in [0.15, 0.2) is 30.3 Å². The summed E-state index contributed by atoms with van der Waals surface area (Å²) in [5.74, 6) is -4.14. The van der Waals surface area contributed by atoms with Crippen LogP contribution in [0.1, 0.15) is 17.0 Å². The molecule has 0 spiro atoms. The first-order valence-electron chi connectivity index (χ1n) is 6.98. The smallest absolute Gasteiger partial charge is 0.311 e. The number of benzene rings is 2. The number of carboxylic acids is 1. The second-order valence-electron chi connectivity index (χ2n) is 5.62. The number of aromatic amines is 1. The average molecular weight is 317 g/mol. The van der Waals surface area contributed by atoms with Crippen LogP contribution in [0.5, 0.6) is 0 Å². The van der Waals surface area contributed by atoms with E-state index in [9.17, 15) is 23.1 Å². The van der Waals surface area contributed by atoms with Gasteiger partial charge >= 0.3 is 5.97 Å². The van der Waals surface area contributed by atoms with Gasteiger partial charge in [-0.05, 0) is 36.2 Å². The summed E-state index contributed by atoms with van der Waals surface area (Å²) in [5.41, 5.74) is 1.93. The molecule has 1 atom stereocenters. The third kappa shape index (κ3) is 1.94. The first kappa shape index (κ1) is 13.9. The van der Waals surface area contributed by atoms with E-state index in [4.69, 9.17) is 0 Å². The van der Waals surface area contributed by atoms with E-state index >= 15 is 0 Å². The van der Waals surface area contributed by atoms with Gasteiger partial charge in [0.05, 0.1) is 17.1 Å². The van der Waals surface area contributed by atoms with Crippen molar-refractivity contribution < 1.29 is 23.1 Å². The molecule has 0 bridgehead atoms. The molecule has 3 nitrogen and oxygen atoms in total. The highest BCUT2D eigenvalue weighted by Crippen LogP contribution is 2.44. The molecule has 0 fully saturated rings. The Morgan fingerprint density at radius 1 is 1.13 bits per heavy atom. The number of rotatable bonds is 1. The van der Waals surface area contributed by atoms with Crippen LogP contribution in [0.2, 0.25) is 0 Å². The summed E-state index contributed by atoms with van der Waals surface area (Å²) in [5, 5.41) is 9.71. The van der Waals surface area contributed by atoms with Crippen LogP contribution in [0.4, 0.5) is 13.2 Å². The van der Waals surface area contributed by atoms with Gasteiger partial charge in [0.2, 0.25) is 0 Å². The number of aliphatic carboxylic acids is 1. The summed E-state index contributed by atoms with van der Waals surface area (Å²) in [7, 11) is 0. The number of carboxylic acid groups (broad SMARTS) is 1. The number of nitrogens with one attached hydrogen (secondary N) is 1. The van der Waals surface area contributed by atoms with Gasteiger partial charge in [-0.1, -0.05) is 0 Å². The van der Waals surface area contributed by atoms with Crippen LogP contribution in [-0.2, 0) is 11.2 Å². The van der Waals surface area contributed by atoms with Crippen molar-refractivity contribution in [2.75, 3.05) is 0 Å². The maximum Gasteiger partial charge on any atom is 0.311 e. The highest BCUT2D eigenvalue weighted by Gasteiger charge is 2.34. The van der Waals surface area contributed by atoms with Gasteiger partial charge in [0.1, 0.15) is 17.5 Å². The van der Waals surface area contributed by atoms with Crippen LogP contribution in [0.25, 0.3) is 22.2 Å². The molecule has 1 heterocycles. The monoisotopic (exact) mass is 317 g/mol. The standard InChI is InChI=1S/C17H10F3NO2/c18-8-1-2-10-7(3-8)4-12(17(22)23)14-11-5-9(19)6-13(20)15(11)21-16(10)14/h1-3,5-6,12,21H,4H2,(H,22,23). The topological polar surface area (TPSA) is 53.1 Å².